The molecule has 0 bridgehead atoms. The Morgan fingerprint density at radius 3 is 2.36 bits per heavy atom. The van der Waals surface area contributed by atoms with Crippen LogP contribution in [-0.4, -0.2) is 14.2 Å². The number of hydrogen-bond donors (Lipinski definition) is 1. The molecule has 0 heterocycles. The lowest BCUT2D eigenvalue weighted by molar-refractivity contribution is 0.352. The SMILES string of the molecule is COc1ccc(C(C)N)c(Br)c1OC. The summed E-state index contributed by atoms with van der Waals surface area (Å²) >= 11 is 3.45. The van der Waals surface area contributed by atoms with Gasteiger partial charge in [0.25, 0.3) is 0 Å². The fourth-order valence-corrected chi connectivity index (χ4v) is 2.11. The summed E-state index contributed by atoms with van der Waals surface area (Å²) in [4.78, 5) is 0. The van der Waals surface area contributed by atoms with Crippen LogP contribution in [0.5, 0.6) is 11.5 Å². The summed E-state index contributed by atoms with van der Waals surface area (Å²) in [5.74, 6) is 1.38. The summed E-state index contributed by atoms with van der Waals surface area (Å²) in [6.07, 6.45) is 0. The van der Waals surface area contributed by atoms with Gasteiger partial charge in [-0.3, -0.25) is 0 Å². The molecule has 14 heavy (non-hydrogen) atoms. The molecule has 0 aliphatic rings. The van der Waals surface area contributed by atoms with Crippen molar-refractivity contribution in [3.05, 3.63) is 22.2 Å². The van der Waals surface area contributed by atoms with Crippen molar-refractivity contribution in [2.24, 2.45) is 5.73 Å². The van der Waals surface area contributed by atoms with E-state index in [-0.39, 0.29) is 6.04 Å². The molecule has 0 aliphatic heterocycles. The second-order valence-electron chi connectivity index (χ2n) is 2.99. The van der Waals surface area contributed by atoms with Crippen LogP contribution >= 0.6 is 15.9 Å². The molecular weight excluding hydrogens is 246 g/mol. The molecule has 0 amide bonds. The van der Waals surface area contributed by atoms with Crippen molar-refractivity contribution in [3.8, 4) is 11.5 Å². The Labute approximate surface area is 92.3 Å². The van der Waals surface area contributed by atoms with E-state index in [0.717, 1.165) is 10.0 Å². The lowest BCUT2D eigenvalue weighted by Crippen LogP contribution is -2.06. The van der Waals surface area contributed by atoms with E-state index in [1.807, 2.05) is 19.1 Å². The monoisotopic (exact) mass is 259 g/mol. The zero-order valence-electron chi connectivity index (χ0n) is 8.50. The lowest BCUT2D eigenvalue weighted by Gasteiger charge is -2.14. The Balaban J connectivity index is 3.27. The second kappa shape index (κ2) is 4.66. The molecule has 2 N–H and O–H groups in total. The summed E-state index contributed by atoms with van der Waals surface area (Å²) in [6.45, 7) is 1.92. The first-order valence-electron chi connectivity index (χ1n) is 4.27. The van der Waals surface area contributed by atoms with Crippen LogP contribution < -0.4 is 15.2 Å². The molecule has 1 atom stereocenters. The van der Waals surface area contributed by atoms with Crippen LogP contribution in [0.3, 0.4) is 0 Å². The van der Waals surface area contributed by atoms with E-state index < -0.39 is 0 Å². The van der Waals surface area contributed by atoms with E-state index in [9.17, 15) is 0 Å². The van der Waals surface area contributed by atoms with Crippen LogP contribution in [0, 0.1) is 0 Å². The first-order valence-corrected chi connectivity index (χ1v) is 5.07. The minimum Gasteiger partial charge on any atom is -0.493 e. The first-order chi connectivity index (χ1) is 6.61. The molecular formula is C10H14BrNO2. The number of nitrogens with two attached hydrogens (primary N) is 1. The molecule has 0 aromatic heterocycles. The number of methoxy groups -OCH3 is 2. The molecule has 0 aliphatic carbocycles. The van der Waals surface area contributed by atoms with Gasteiger partial charge >= 0.3 is 0 Å². The third-order valence-corrected chi connectivity index (χ3v) is 2.82. The molecule has 0 saturated heterocycles. The topological polar surface area (TPSA) is 44.5 Å². The van der Waals surface area contributed by atoms with E-state index in [4.69, 9.17) is 15.2 Å². The quantitative estimate of drug-likeness (QED) is 0.908. The smallest absolute Gasteiger partial charge is 0.175 e. The standard InChI is InChI=1S/C10H14BrNO2/c1-6(12)7-4-5-8(13-2)10(14-3)9(7)11/h4-6H,12H2,1-3H3. The van der Waals surface area contributed by atoms with Gasteiger partial charge in [0.1, 0.15) is 0 Å². The molecule has 0 saturated carbocycles. The minimum atomic E-state index is -0.0378. The zero-order chi connectivity index (χ0) is 10.7. The summed E-state index contributed by atoms with van der Waals surface area (Å²) in [5, 5.41) is 0. The van der Waals surface area contributed by atoms with Crippen LogP contribution in [0.25, 0.3) is 0 Å². The maximum absolute atomic E-state index is 5.80. The van der Waals surface area contributed by atoms with Gasteiger partial charge in [0.15, 0.2) is 11.5 Å². The summed E-state index contributed by atoms with van der Waals surface area (Å²) in [5.41, 5.74) is 6.81. The van der Waals surface area contributed by atoms with Gasteiger partial charge in [-0.15, -0.1) is 0 Å². The maximum atomic E-state index is 5.80. The summed E-state index contributed by atoms with van der Waals surface area (Å²) < 4.78 is 11.2. The van der Waals surface area contributed by atoms with E-state index in [1.54, 1.807) is 14.2 Å². The predicted octanol–water partition coefficient (Wildman–Crippen LogP) is 2.49. The predicted molar refractivity (Wildman–Crippen MR) is 59.8 cm³/mol. The fraction of sp³-hybridized carbons (Fsp3) is 0.400. The molecule has 4 heteroatoms. The Morgan fingerprint density at radius 2 is 1.93 bits per heavy atom. The fourth-order valence-electron chi connectivity index (χ4n) is 1.26. The molecule has 0 fully saturated rings. The lowest BCUT2D eigenvalue weighted by atomic mass is 10.1. The Bertz CT molecular complexity index is 326. The number of hydrogen-bond acceptors (Lipinski definition) is 3. The van der Waals surface area contributed by atoms with Gasteiger partial charge in [-0.25, -0.2) is 0 Å². The average Bonchev–Trinajstić information content (AvgIpc) is 2.16. The molecule has 0 spiro atoms. The molecule has 78 valence electrons. The van der Waals surface area contributed by atoms with Crippen molar-refractivity contribution >= 4 is 15.9 Å². The van der Waals surface area contributed by atoms with Crippen molar-refractivity contribution in [3.63, 3.8) is 0 Å². The van der Waals surface area contributed by atoms with Gasteiger partial charge in [0.2, 0.25) is 0 Å². The highest BCUT2D eigenvalue weighted by molar-refractivity contribution is 9.10. The van der Waals surface area contributed by atoms with Crippen LogP contribution in [0.4, 0.5) is 0 Å². The Kier molecular flexibility index (Phi) is 3.77. The van der Waals surface area contributed by atoms with Gasteiger partial charge in [-0.05, 0) is 34.5 Å². The number of benzene rings is 1. The Morgan fingerprint density at radius 1 is 1.29 bits per heavy atom. The van der Waals surface area contributed by atoms with Gasteiger partial charge in [0.05, 0.1) is 18.7 Å². The largest absolute Gasteiger partial charge is 0.493 e. The van der Waals surface area contributed by atoms with Crippen molar-refractivity contribution in [2.45, 2.75) is 13.0 Å². The van der Waals surface area contributed by atoms with E-state index in [1.165, 1.54) is 0 Å². The highest BCUT2D eigenvalue weighted by Crippen LogP contribution is 2.39. The first kappa shape index (κ1) is 11.3. The minimum absolute atomic E-state index is 0.0378. The van der Waals surface area contributed by atoms with Gasteiger partial charge in [0, 0.05) is 6.04 Å². The van der Waals surface area contributed by atoms with Crippen molar-refractivity contribution < 1.29 is 9.47 Å². The molecule has 0 radical (unpaired) electrons. The van der Waals surface area contributed by atoms with Crippen LogP contribution in [0.15, 0.2) is 16.6 Å². The molecule has 1 rings (SSSR count). The molecule has 3 nitrogen and oxygen atoms in total. The van der Waals surface area contributed by atoms with Crippen LogP contribution in [0.2, 0.25) is 0 Å². The molecule has 1 aromatic carbocycles. The number of halogens is 1. The van der Waals surface area contributed by atoms with Crippen LogP contribution in [-0.2, 0) is 0 Å². The van der Waals surface area contributed by atoms with Crippen molar-refractivity contribution in [2.75, 3.05) is 14.2 Å². The summed E-state index contributed by atoms with van der Waals surface area (Å²) in [6, 6.07) is 3.74. The third kappa shape index (κ3) is 2.01. The van der Waals surface area contributed by atoms with Gasteiger partial charge in [-0.1, -0.05) is 6.07 Å². The number of ether oxygens (including phenoxy) is 2. The van der Waals surface area contributed by atoms with E-state index >= 15 is 0 Å². The normalized spacial score (nSPS) is 12.4. The van der Waals surface area contributed by atoms with Crippen LogP contribution in [0.1, 0.15) is 18.5 Å². The van der Waals surface area contributed by atoms with Crippen molar-refractivity contribution in [1.82, 2.24) is 0 Å². The number of rotatable bonds is 3. The highest BCUT2D eigenvalue weighted by atomic mass is 79.9. The summed E-state index contributed by atoms with van der Waals surface area (Å²) in [7, 11) is 3.21. The Hall–Kier alpha value is -0.740. The maximum Gasteiger partial charge on any atom is 0.175 e. The van der Waals surface area contributed by atoms with Gasteiger partial charge < -0.3 is 15.2 Å². The van der Waals surface area contributed by atoms with Crippen molar-refractivity contribution in [1.29, 1.82) is 0 Å². The molecule has 1 aromatic rings. The average molecular weight is 260 g/mol. The van der Waals surface area contributed by atoms with E-state index in [2.05, 4.69) is 15.9 Å². The third-order valence-electron chi connectivity index (χ3n) is 2.01. The molecule has 1 unspecified atom stereocenters. The zero-order valence-corrected chi connectivity index (χ0v) is 10.1. The van der Waals surface area contributed by atoms with E-state index in [0.29, 0.717) is 11.5 Å². The highest BCUT2D eigenvalue weighted by Gasteiger charge is 2.14. The second-order valence-corrected chi connectivity index (χ2v) is 3.79. The van der Waals surface area contributed by atoms with Gasteiger partial charge in [-0.2, -0.15) is 0 Å².